The van der Waals surface area contributed by atoms with E-state index in [1.165, 1.54) is 0 Å². The van der Waals surface area contributed by atoms with Gasteiger partial charge in [-0.05, 0) is 44.0 Å². The van der Waals surface area contributed by atoms with Gasteiger partial charge in [0.15, 0.2) is 0 Å². The van der Waals surface area contributed by atoms with Crippen LogP contribution in [0.4, 0.5) is 0 Å². The number of aromatic nitrogens is 1. The van der Waals surface area contributed by atoms with Crippen LogP contribution in [0.5, 0.6) is 0 Å². The molecule has 26 heavy (non-hydrogen) atoms. The fraction of sp³-hybridized carbons (Fsp3) is 0.333. The molecule has 1 heterocycles. The lowest BCUT2D eigenvalue weighted by Gasteiger charge is -2.28. The maximum Gasteiger partial charge on any atom is 0.230 e. The van der Waals surface area contributed by atoms with E-state index in [0.717, 1.165) is 33.6 Å². The number of nitrogens with zero attached hydrogens (tertiary/aromatic N) is 1. The minimum atomic E-state index is -0.655. The number of unbranched alkanes of at least 4 members (excludes halogenated alkanes) is 1. The normalized spacial score (nSPS) is 13.5. The van der Waals surface area contributed by atoms with Crippen LogP contribution in [0, 0.1) is 0 Å². The van der Waals surface area contributed by atoms with E-state index in [1.54, 1.807) is 11.3 Å². The number of rotatable bonds is 8. The molecule has 136 valence electrons. The predicted molar refractivity (Wildman–Crippen MR) is 108 cm³/mol. The number of nitrogens with two attached hydrogens (primary N) is 1. The molecule has 3 N–H and O–H groups in total. The van der Waals surface area contributed by atoms with Crippen LogP contribution in [0.2, 0.25) is 0 Å². The van der Waals surface area contributed by atoms with E-state index in [2.05, 4.69) is 11.4 Å². The lowest BCUT2D eigenvalue weighted by Crippen LogP contribution is -2.44. The fourth-order valence-electron chi connectivity index (χ4n) is 3.08. The molecule has 0 bridgehead atoms. The summed E-state index contributed by atoms with van der Waals surface area (Å²) in [5.41, 5.74) is 6.89. The van der Waals surface area contributed by atoms with Crippen LogP contribution >= 0.6 is 11.3 Å². The molecule has 1 aromatic heterocycles. The lowest BCUT2D eigenvalue weighted by atomic mass is 9.78. The van der Waals surface area contributed by atoms with E-state index in [1.807, 2.05) is 55.5 Å². The van der Waals surface area contributed by atoms with Gasteiger partial charge in [0, 0.05) is 13.0 Å². The average molecular weight is 368 g/mol. The molecule has 0 saturated carbocycles. The van der Waals surface area contributed by atoms with Gasteiger partial charge in [0.25, 0.3) is 0 Å². The third-order valence-corrected chi connectivity index (χ3v) is 5.71. The standard InChI is InChI=1S/C21H25N3OS/c1-21(16-9-3-2-4-10-16,20(25)23-14-8-7-13-22)15-19-24-17-11-5-6-12-18(17)26-19/h2-6,9-12H,7-8,13-15,22H2,1H3,(H,23,25). The van der Waals surface area contributed by atoms with Crippen LogP contribution in [-0.4, -0.2) is 24.0 Å². The highest BCUT2D eigenvalue weighted by Gasteiger charge is 2.36. The zero-order valence-corrected chi connectivity index (χ0v) is 15.9. The van der Waals surface area contributed by atoms with E-state index in [9.17, 15) is 4.79 Å². The lowest BCUT2D eigenvalue weighted by molar-refractivity contribution is -0.126. The molecule has 0 fully saturated rings. The summed E-state index contributed by atoms with van der Waals surface area (Å²) in [6.45, 7) is 3.31. The van der Waals surface area contributed by atoms with Crippen LogP contribution in [0.25, 0.3) is 10.2 Å². The second-order valence-electron chi connectivity index (χ2n) is 6.70. The van der Waals surface area contributed by atoms with Crippen LogP contribution < -0.4 is 11.1 Å². The molecule has 3 aromatic rings. The predicted octanol–water partition coefficient (Wildman–Crippen LogP) is 3.65. The summed E-state index contributed by atoms with van der Waals surface area (Å²) in [6, 6.07) is 18.1. The van der Waals surface area contributed by atoms with E-state index in [0.29, 0.717) is 19.5 Å². The van der Waals surface area contributed by atoms with Gasteiger partial charge in [-0.25, -0.2) is 4.98 Å². The number of fused-ring (bicyclic) bond motifs is 1. The smallest absolute Gasteiger partial charge is 0.230 e. The largest absolute Gasteiger partial charge is 0.355 e. The number of para-hydroxylation sites is 1. The number of thiazole rings is 1. The van der Waals surface area contributed by atoms with Crippen LogP contribution in [-0.2, 0) is 16.6 Å². The zero-order valence-electron chi connectivity index (χ0n) is 15.1. The molecule has 5 heteroatoms. The summed E-state index contributed by atoms with van der Waals surface area (Å²) in [5, 5.41) is 4.07. The van der Waals surface area contributed by atoms with Crippen LogP contribution in [0.15, 0.2) is 54.6 Å². The van der Waals surface area contributed by atoms with Crippen molar-refractivity contribution in [3.05, 3.63) is 65.2 Å². The zero-order chi connectivity index (χ0) is 18.4. The Bertz CT molecular complexity index is 829. The monoisotopic (exact) mass is 367 g/mol. The van der Waals surface area contributed by atoms with E-state index < -0.39 is 5.41 Å². The minimum Gasteiger partial charge on any atom is -0.355 e. The van der Waals surface area contributed by atoms with E-state index >= 15 is 0 Å². The molecule has 0 aliphatic rings. The molecule has 0 spiro atoms. The number of hydrogen-bond donors (Lipinski definition) is 2. The number of nitrogens with one attached hydrogen (secondary N) is 1. The number of carbonyl (C=O) groups is 1. The van der Waals surface area contributed by atoms with Crippen molar-refractivity contribution in [1.82, 2.24) is 10.3 Å². The Labute approximate surface area is 158 Å². The summed E-state index contributed by atoms with van der Waals surface area (Å²) >= 11 is 1.66. The SMILES string of the molecule is CC(Cc1nc2ccccc2s1)(C(=O)NCCCCN)c1ccccc1. The van der Waals surface area contributed by atoms with E-state index in [-0.39, 0.29) is 5.91 Å². The number of hydrogen-bond acceptors (Lipinski definition) is 4. The Morgan fingerprint density at radius 1 is 1.12 bits per heavy atom. The number of amides is 1. The molecule has 3 rings (SSSR count). The van der Waals surface area contributed by atoms with Gasteiger partial charge in [0.05, 0.1) is 20.6 Å². The van der Waals surface area contributed by atoms with Crippen molar-refractivity contribution in [1.29, 1.82) is 0 Å². The Morgan fingerprint density at radius 3 is 2.58 bits per heavy atom. The molecule has 0 saturated heterocycles. The molecule has 4 nitrogen and oxygen atoms in total. The number of carbonyl (C=O) groups excluding carboxylic acids is 1. The Kier molecular flexibility index (Phi) is 6.01. The van der Waals surface area contributed by atoms with Crippen LogP contribution in [0.3, 0.4) is 0 Å². The first-order valence-corrected chi connectivity index (χ1v) is 9.83. The second kappa shape index (κ2) is 8.43. The van der Waals surface area contributed by atoms with Crippen molar-refractivity contribution >= 4 is 27.5 Å². The van der Waals surface area contributed by atoms with Gasteiger partial charge in [-0.2, -0.15) is 0 Å². The Morgan fingerprint density at radius 2 is 1.85 bits per heavy atom. The Hall–Kier alpha value is -2.24. The van der Waals surface area contributed by atoms with Gasteiger partial charge in [-0.1, -0.05) is 42.5 Å². The molecule has 2 aromatic carbocycles. The molecule has 1 amide bonds. The molecular formula is C21H25N3OS. The van der Waals surface area contributed by atoms with Crippen molar-refractivity contribution < 1.29 is 4.79 Å². The average Bonchev–Trinajstić information content (AvgIpc) is 3.07. The minimum absolute atomic E-state index is 0.0416. The maximum absolute atomic E-state index is 13.1. The van der Waals surface area contributed by atoms with Gasteiger partial charge >= 0.3 is 0 Å². The molecule has 0 radical (unpaired) electrons. The van der Waals surface area contributed by atoms with Crippen LogP contribution in [0.1, 0.15) is 30.3 Å². The molecule has 0 aliphatic heterocycles. The first-order chi connectivity index (χ1) is 12.6. The summed E-state index contributed by atoms with van der Waals surface area (Å²) in [4.78, 5) is 17.8. The molecule has 1 atom stereocenters. The highest BCUT2D eigenvalue weighted by atomic mass is 32.1. The summed E-state index contributed by atoms with van der Waals surface area (Å²) in [6.07, 6.45) is 2.40. The summed E-state index contributed by atoms with van der Waals surface area (Å²) in [7, 11) is 0. The van der Waals surface area contributed by atoms with Crippen molar-refractivity contribution in [2.75, 3.05) is 13.1 Å². The van der Waals surface area contributed by atoms with E-state index in [4.69, 9.17) is 10.7 Å². The highest BCUT2D eigenvalue weighted by molar-refractivity contribution is 7.18. The van der Waals surface area contributed by atoms with Gasteiger partial charge in [-0.15, -0.1) is 11.3 Å². The van der Waals surface area contributed by atoms with Gasteiger partial charge < -0.3 is 11.1 Å². The fourth-order valence-corrected chi connectivity index (χ4v) is 4.21. The van der Waals surface area contributed by atoms with Gasteiger partial charge in [-0.3, -0.25) is 4.79 Å². The summed E-state index contributed by atoms with van der Waals surface area (Å²) < 4.78 is 1.15. The third kappa shape index (κ3) is 4.11. The van der Waals surface area contributed by atoms with Crippen molar-refractivity contribution in [2.45, 2.75) is 31.6 Å². The summed E-state index contributed by atoms with van der Waals surface area (Å²) in [5.74, 6) is 0.0416. The second-order valence-corrected chi connectivity index (χ2v) is 7.82. The number of benzene rings is 2. The molecule has 1 unspecified atom stereocenters. The third-order valence-electron chi connectivity index (χ3n) is 4.67. The maximum atomic E-state index is 13.1. The van der Waals surface area contributed by atoms with Crippen molar-refractivity contribution in [2.24, 2.45) is 5.73 Å². The van der Waals surface area contributed by atoms with Crippen molar-refractivity contribution in [3.63, 3.8) is 0 Å². The Balaban J connectivity index is 1.86. The quantitative estimate of drug-likeness (QED) is 0.597. The van der Waals surface area contributed by atoms with Crippen molar-refractivity contribution in [3.8, 4) is 0 Å². The molecular weight excluding hydrogens is 342 g/mol. The van der Waals surface area contributed by atoms with Gasteiger partial charge in [0.1, 0.15) is 0 Å². The highest BCUT2D eigenvalue weighted by Crippen LogP contribution is 2.32. The van der Waals surface area contributed by atoms with Gasteiger partial charge in [0.2, 0.25) is 5.91 Å². The first-order valence-electron chi connectivity index (χ1n) is 9.02. The topological polar surface area (TPSA) is 68.0 Å². The first kappa shape index (κ1) is 18.5. The molecule has 0 aliphatic carbocycles.